The number of hydrogen-bond acceptors (Lipinski definition) is 8. The summed E-state index contributed by atoms with van der Waals surface area (Å²) in [5.74, 6) is 1.31. The molecule has 1 aliphatic heterocycles. The van der Waals surface area contributed by atoms with Crippen LogP contribution in [0.5, 0.6) is 11.5 Å². The zero-order valence-corrected chi connectivity index (χ0v) is 24.6. The molecule has 3 heterocycles. The predicted octanol–water partition coefficient (Wildman–Crippen LogP) is 5.64. The Hall–Kier alpha value is -4.29. The molecule has 1 aliphatic rings. The molecule has 2 aromatic heterocycles. The van der Waals surface area contributed by atoms with E-state index in [1.165, 1.54) is 12.4 Å². The van der Waals surface area contributed by atoms with Gasteiger partial charge in [-0.2, -0.15) is 13.2 Å². The van der Waals surface area contributed by atoms with Crippen molar-refractivity contribution in [3.05, 3.63) is 72.3 Å². The molecule has 9 nitrogen and oxygen atoms in total. The highest BCUT2D eigenvalue weighted by Gasteiger charge is 2.32. The summed E-state index contributed by atoms with van der Waals surface area (Å²) in [6.45, 7) is 4.35. The number of methoxy groups -OCH3 is 2. The maximum atomic E-state index is 12.7. The average molecular weight is 610 g/mol. The SMILES string of the molecule is COCCN1CCC(COc2cc3ncnc(-c4ccc(NC(=O)Cc5ccc(C(F)(F)F)nc5)cc4)c3cc2OC)CC1. The zero-order chi connectivity index (χ0) is 31.1. The van der Waals surface area contributed by atoms with Gasteiger partial charge in [0.25, 0.3) is 0 Å². The summed E-state index contributed by atoms with van der Waals surface area (Å²) in [5, 5.41) is 3.55. The highest BCUT2D eigenvalue weighted by atomic mass is 19.4. The number of carbonyl (C=O) groups is 1. The fraction of sp³-hybridized carbons (Fsp3) is 0.375. The van der Waals surface area contributed by atoms with Crippen LogP contribution >= 0.6 is 0 Å². The summed E-state index contributed by atoms with van der Waals surface area (Å²) in [6.07, 6.45) is 0.0491. The van der Waals surface area contributed by atoms with E-state index in [1.54, 1.807) is 26.4 Å². The second-order valence-electron chi connectivity index (χ2n) is 10.7. The van der Waals surface area contributed by atoms with Crippen LogP contribution in [0.1, 0.15) is 24.1 Å². The lowest BCUT2D eigenvalue weighted by molar-refractivity contribution is -0.141. The molecule has 0 spiro atoms. The fourth-order valence-electron chi connectivity index (χ4n) is 5.17. The first-order chi connectivity index (χ1) is 21.2. The van der Waals surface area contributed by atoms with Gasteiger partial charge in [-0.05, 0) is 61.7 Å². The third kappa shape index (κ3) is 7.80. The number of carbonyl (C=O) groups excluding carboxylic acids is 1. The molecular formula is C32H34F3N5O4. The topological polar surface area (TPSA) is 98.7 Å². The molecule has 5 rings (SSSR count). The minimum absolute atomic E-state index is 0.110. The summed E-state index contributed by atoms with van der Waals surface area (Å²) in [6, 6.07) is 13.0. The van der Waals surface area contributed by atoms with Crippen molar-refractivity contribution in [1.82, 2.24) is 19.9 Å². The Labute approximate surface area is 253 Å². The third-order valence-electron chi connectivity index (χ3n) is 7.64. The number of aromatic nitrogens is 3. The Morgan fingerprint density at radius 3 is 2.43 bits per heavy atom. The molecule has 44 heavy (non-hydrogen) atoms. The lowest BCUT2D eigenvalue weighted by Gasteiger charge is -2.31. The van der Waals surface area contributed by atoms with Crippen molar-refractivity contribution < 1.29 is 32.2 Å². The van der Waals surface area contributed by atoms with Gasteiger partial charge in [0, 0.05) is 42.6 Å². The van der Waals surface area contributed by atoms with Crippen molar-refractivity contribution >= 4 is 22.5 Å². The summed E-state index contributed by atoms with van der Waals surface area (Å²) in [7, 11) is 3.33. The number of pyridine rings is 1. The summed E-state index contributed by atoms with van der Waals surface area (Å²) in [5.41, 5.74) is 2.12. The Bertz CT molecular complexity index is 1560. The number of nitrogens with zero attached hydrogens (tertiary/aromatic N) is 4. The smallest absolute Gasteiger partial charge is 0.433 e. The number of halogens is 3. The first kappa shape index (κ1) is 31.1. The maximum Gasteiger partial charge on any atom is 0.433 e. The molecule has 1 fully saturated rings. The van der Waals surface area contributed by atoms with Crippen LogP contribution < -0.4 is 14.8 Å². The summed E-state index contributed by atoms with van der Waals surface area (Å²) >= 11 is 0. The molecule has 4 aromatic rings. The van der Waals surface area contributed by atoms with Gasteiger partial charge in [0.15, 0.2) is 11.5 Å². The van der Waals surface area contributed by atoms with E-state index in [1.807, 2.05) is 24.3 Å². The minimum Gasteiger partial charge on any atom is -0.493 e. The molecule has 0 bridgehead atoms. The predicted molar refractivity (Wildman–Crippen MR) is 160 cm³/mol. The molecule has 2 aromatic carbocycles. The number of rotatable bonds is 11. The van der Waals surface area contributed by atoms with Gasteiger partial charge < -0.3 is 24.4 Å². The number of amides is 1. The van der Waals surface area contributed by atoms with Crippen molar-refractivity contribution in [3.63, 3.8) is 0 Å². The van der Waals surface area contributed by atoms with Gasteiger partial charge in [-0.3, -0.25) is 9.78 Å². The molecule has 1 amide bonds. The average Bonchev–Trinajstić information content (AvgIpc) is 3.02. The Morgan fingerprint density at radius 2 is 1.77 bits per heavy atom. The molecule has 1 N–H and O–H groups in total. The van der Waals surface area contributed by atoms with Gasteiger partial charge in [-0.1, -0.05) is 18.2 Å². The largest absolute Gasteiger partial charge is 0.493 e. The van der Waals surface area contributed by atoms with E-state index in [9.17, 15) is 18.0 Å². The van der Waals surface area contributed by atoms with E-state index in [0.29, 0.717) is 46.5 Å². The van der Waals surface area contributed by atoms with E-state index >= 15 is 0 Å². The number of hydrogen-bond donors (Lipinski definition) is 1. The standard InChI is InChI=1S/C32H34F3N5O4/c1-42-14-13-40-11-9-21(10-12-40)19-44-28-17-26-25(16-27(28)43-2)31(38-20-37-26)23-4-6-24(7-5-23)39-30(41)15-22-3-8-29(36-18-22)32(33,34)35/h3-8,16-18,20-21H,9-15,19H2,1-2H3,(H,39,41). The monoisotopic (exact) mass is 609 g/mol. The van der Waals surface area contributed by atoms with E-state index in [4.69, 9.17) is 14.2 Å². The molecule has 232 valence electrons. The van der Waals surface area contributed by atoms with E-state index < -0.39 is 11.9 Å². The second-order valence-corrected chi connectivity index (χ2v) is 10.7. The van der Waals surface area contributed by atoms with Crippen molar-refractivity contribution in [3.8, 4) is 22.8 Å². The number of alkyl halides is 3. The number of fused-ring (bicyclic) bond motifs is 1. The molecule has 0 saturated carbocycles. The highest BCUT2D eigenvalue weighted by molar-refractivity contribution is 5.95. The van der Waals surface area contributed by atoms with E-state index in [-0.39, 0.29) is 12.3 Å². The van der Waals surface area contributed by atoms with Crippen LogP contribution in [-0.2, 0) is 22.1 Å². The van der Waals surface area contributed by atoms with Crippen LogP contribution in [0.25, 0.3) is 22.2 Å². The van der Waals surface area contributed by atoms with Gasteiger partial charge in [-0.15, -0.1) is 0 Å². The van der Waals surface area contributed by atoms with Gasteiger partial charge in [0.2, 0.25) is 5.91 Å². The molecule has 0 radical (unpaired) electrons. The second kappa shape index (κ2) is 14.0. The number of nitrogens with one attached hydrogen (secondary N) is 1. The van der Waals surface area contributed by atoms with Crippen molar-refractivity contribution in [2.45, 2.75) is 25.4 Å². The molecule has 1 saturated heterocycles. The van der Waals surface area contributed by atoms with Crippen molar-refractivity contribution in [1.29, 1.82) is 0 Å². The summed E-state index contributed by atoms with van der Waals surface area (Å²) in [4.78, 5) is 27.3. The fourth-order valence-corrected chi connectivity index (χ4v) is 5.17. The first-order valence-electron chi connectivity index (χ1n) is 14.3. The lowest BCUT2D eigenvalue weighted by Crippen LogP contribution is -2.37. The van der Waals surface area contributed by atoms with Crippen molar-refractivity contribution in [2.24, 2.45) is 5.92 Å². The Morgan fingerprint density at radius 1 is 1.00 bits per heavy atom. The zero-order valence-electron chi connectivity index (χ0n) is 24.6. The van der Waals surface area contributed by atoms with E-state index in [2.05, 4.69) is 25.2 Å². The molecular weight excluding hydrogens is 575 g/mol. The van der Waals surface area contributed by atoms with Crippen LogP contribution in [0.4, 0.5) is 18.9 Å². The van der Waals surface area contributed by atoms with Crippen molar-refractivity contribution in [2.75, 3.05) is 52.4 Å². The molecule has 0 unspecified atom stereocenters. The van der Waals surface area contributed by atoms with Crippen LogP contribution in [-0.4, -0.2) is 72.8 Å². The number of ether oxygens (including phenoxy) is 3. The highest BCUT2D eigenvalue weighted by Crippen LogP contribution is 2.36. The molecule has 0 atom stereocenters. The normalized spacial score (nSPS) is 14.5. The minimum atomic E-state index is -4.53. The first-order valence-corrected chi connectivity index (χ1v) is 14.3. The Balaban J connectivity index is 1.23. The van der Waals surface area contributed by atoms with Crippen LogP contribution in [0.3, 0.4) is 0 Å². The quantitative estimate of drug-likeness (QED) is 0.234. The van der Waals surface area contributed by atoms with Gasteiger partial charge in [0.1, 0.15) is 12.0 Å². The Kier molecular flexibility index (Phi) is 9.91. The van der Waals surface area contributed by atoms with Crippen LogP contribution in [0, 0.1) is 5.92 Å². The number of piperidine rings is 1. The number of likely N-dealkylation sites (tertiary alicyclic amines) is 1. The number of benzene rings is 2. The maximum absolute atomic E-state index is 12.7. The molecule has 0 aliphatic carbocycles. The van der Waals surface area contributed by atoms with E-state index in [0.717, 1.165) is 62.3 Å². The molecule has 12 heteroatoms. The van der Waals surface area contributed by atoms with Gasteiger partial charge in [-0.25, -0.2) is 9.97 Å². The number of anilines is 1. The van der Waals surface area contributed by atoms with Gasteiger partial charge in [0.05, 0.1) is 38.0 Å². The summed E-state index contributed by atoms with van der Waals surface area (Å²) < 4.78 is 55.3. The third-order valence-corrected chi connectivity index (χ3v) is 7.64. The van der Waals surface area contributed by atoms with Crippen LogP contribution in [0.2, 0.25) is 0 Å². The van der Waals surface area contributed by atoms with Crippen LogP contribution in [0.15, 0.2) is 61.1 Å². The van der Waals surface area contributed by atoms with Gasteiger partial charge >= 0.3 is 6.18 Å². The lowest BCUT2D eigenvalue weighted by atomic mass is 9.98.